The average Bonchev–Trinajstić information content (AvgIpc) is 3.02. The lowest BCUT2D eigenvalue weighted by molar-refractivity contribution is -0.138. The summed E-state index contributed by atoms with van der Waals surface area (Å²) in [6, 6.07) is 0. The molecule has 9 atom stereocenters. The van der Waals surface area contributed by atoms with Crippen molar-refractivity contribution in [3.8, 4) is 0 Å². The predicted molar refractivity (Wildman–Crippen MR) is 112 cm³/mol. The third kappa shape index (κ3) is 3.24. The Bertz CT molecular complexity index is 588. The zero-order valence-corrected chi connectivity index (χ0v) is 18.6. The van der Waals surface area contributed by atoms with Gasteiger partial charge in [-0.15, -0.1) is 0 Å². The zero-order chi connectivity index (χ0) is 20.1. The molecule has 0 saturated heterocycles. The number of fused-ring (bicyclic) bond motifs is 5. The number of hydrogen-bond donors (Lipinski definition) is 1. The van der Waals surface area contributed by atoms with Crippen LogP contribution in [-0.2, 0) is 9.53 Å². The van der Waals surface area contributed by atoms with Crippen LogP contribution >= 0.6 is 0 Å². The first-order chi connectivity index (χ1) is 13.3. The topological polar surface area (TPSA) is 46.5 Å². The van der Waals surface area contributed by atoms with Gasteiger partial charge in [-0.05, 0) is 111 Å². The molecule has 1 N–H and O–H groups in total. The van der Waals surface area contributed by atoms with Crippen molar-refractivity contribution in [2.24, 2.45) is 46.3 Å². The molecule has 4 saturated carbocycles. The Morgan fingerprint density at radius 1 is 1.04 bits per heavy atom. The Balaban J connectivity index is 1.50. The second kappa shape index (κ2) is 7.60. The highest BCUT2D eigenvalue weighted by molar-refractivity contribution is 5.66. The van der Waals surface area contributed by atoms with Gasteiger partial charge in [-0.2, -0.15) is 0 Å². The molecule has 0 aromatic rings. The van der Waals surface area contributed by atoms with Gasteiger partial charge in [-0.3, -0.25) is 4.79 Å². The Labute approximate surface area is 172 Å². The molecule has 0 amide bonds. The fourth-order valence-corrected chi connectivity index (χ4v) is 8.96. The van der Waals surface area contributed by atoms with Crippen molar-refractivity contribution in [2.45, 2.75) is 97.5 Å². The van der Waals surface area contributed by atoms with E-state index in [1.165, 1.54) is 57.8 Å². The molecular formula is C25H42O3. The van der Waals surface area contributed by atoms with Crippen LogP contribution in [0.3, 0.4) is 0 Å². The van der Waals surface area contributed by atoms with Crippen LogP contribution < -0.4 is 0 Å². The first-order valence-corrected chi connectivity index (χ1v) is 12.0. The molecule has 0 unspecified atom stereocenters. The van der Waals surface area contributed by atoms with Crippen molar-refractivity contribution in [3.05, 3.63) is 0 Å². The van der Waals surface area contributed by atoms with E-state index in [1.54, 1.807) is 0 Å². The fraction of sp³-hybridized carbons (Fsp3) is 0.960. The van der Waals surface area contributed by atoms with Gasteiger partial charge in [0.15, 0.2) is 0 Å². The van der Waals surface area contributed by atoms with Crippen molar-refractivity contribution < 1.29 is 14.6 Å². The molecular weight excluding hydrogens is 348 g/mol. The molecule has 4 fully saturated rings. The van der Waals surface area contributed by atoms with Crippen LogP contribution in [0.5, 0.6) is 0 Å². The third-order valence-corrected chi connectivity index (χ3v) is 10.5. The number of carboxylic acid groups (broad SMARTS) is 1. The van der Waals surface area contributed by atoms with Crippen molar-refractivity contribution in [3.63, 3.8) is 0 Å². The summed E-state index contributed by atoms with van der Waals surface area (Å²) in [5.74, 6) is 4.21. The van der Waals surface area contributed by atoms with Crippen LogP contribution in [0, 0.1) is 46.3 Å². The summed E-state index contributed by atoms with van der Waals surface area (Å²) >= 11 is 0. The zero-order valence-electron chi connectivity index (χ0n) is 18.6. The van der Waals surface area contributed by atoms with Gasteiger partial charge in [0.2, 0.25) is 0 Å². The quantitative estimate of drug-likeness (QED) is 0.611. The van der Waals surface area contributed by atoms with E-state index in [2.05, 4.69) is 20.8 Å². The number of methoxy groups -OCH3 is 1. The molecule has 160 valence electrons. The molecule has 0 bridgehead atoms. The number of carbonyl (C=O) groups is 1. The number of aliphatic carboxylic acids is 1. The smallest absolute Gasteiger partial charge is 0.303 e. The van der Waals surface area contributed by atoms with Crippen molar-refractivity contribution in [1.82, 2.24) is 0 Å². The minimum absolute atomic E-state index is 0.338. The van der Waals surface area contributed by atoms with Gasteiger partial charge in [0, 0.05) is 13.5 Å². The third-order valence-electron chi connectivity index (χ3n) is 10.5. The molecule has 4 aliphatic rings. The first-order valence-electron chi connectivity index (χ1n) is 12.0. The van der Waals surface area contributed by atoms with E-state index in [0.717, 1.165) is 36.0 Å². The van der Waals surface area contributed by atoms with E-state index in [9.17, 15) is 4.79 Å². The largest absolute Gasteiger partial charge is 0.481 e. The van der Waals surface area contributed by atoms with Crippen LogP contribution in [0.15, 0.2) is 0 Å². The van der Waals surface area contributed by atoms with Gasteiger partial charge in [0.1, 0.15) is 0 Å². The van der Waals surface area contributed by atoms with Crippen LogP contribution in [0.1, 0.15) is 91.4 Å². The second-order valence-corrected chi connectivity index (χ2v) is 11.4. The van der Waals surface area contributed by atoms with E-state index in [1.807, 2.05) is 7.11 Å². The second-order valence-electron chi connectivity index (χ2n) is 11.4. The van der Waals surface area contributed by atoms with E-state index < -0.39 is 5.97 Å². The Morgan fingerprint density at radius 3 is 2.46 bits per heavy atom. The first kappa shape index (κ1) is 20.7. The highest BCUT2D eigenvalue weighted by atomic mass is 16.5. The lowest BCUT2D eigenvalue weighted by atomic mass is 9.44. The van der Waals surface area contributed by atoms with Gasteiger partial charge in [0.25, 0.3) is 0 Å². The predicted octanol–water partition coefficient (Wildman–Crippen LogP) is 6.16. The van der Waals surface area contributed by atoms with Gasteiger partial charge in [-0.1, -0.05) is 20.8 Å². The SMILES string of the molecule is CO[C@H]1CC[C@@]2(C)[C@H](CC[C@@H]3[C@@H]2CC[C@]2(C)[C@@H]([C@H](C)CCC(=O)O)CC[C@@H]32)C1. The average molecular weight is 391 g/mol. The maximum atomic E-state index is 11.1. The van der Waals surface area contributed by atoms with Crippen molar-refractivity contribution in [1.29, 1.82) is 0 Å². The van der Waals surface area contributed by atoms with E-state index in [0.29, 0.717) is 29.3 Å². The number of hydrogen-bond acceptors (Lipinski definition) is 2. The monoisotopic (exact) mass is 390 g/mol. The molecule has 0 radical (unpaired) electrons. The van der Waals surface area contributed by atoms with Crippen LogP contribution in [0.4, 0.5) is 0 Å². The summed E-state index contributed by atoms with van der Waals surface area (Å²) in [6.45, 7) is 7.54. The lowest BCUT2D eigenvalue weighted by Crippen LogP contribution is -2.54. The fourth-order valence-electron chi connectivity index (χ4n) is 8.96. The van der Waals surface area contributed by atoms with E-state index in [-0.39, 0.29) is 0 Å². The van der Waals surface area contributed by atoms with Crippen LogP contribution in [0.2, 0.25) is 0 Å². The number of ether oxygens (including phenoxy) is 1. The number of rotatable bonds is 5. The van der Waals surface area contributed by atoms with Crippen molar-refractivity contribution in [2.75, 3.05) is 7.11 Å². The van der Waals surface area contributed by atoms with Crippen LogP contribution in [0.25, 0.3) is 0 Å². The molecule has 28 heavy (non-hydrogen) atoms. The molecule has 0 spiro atoms. The van der Waals surface area contributed by atoms with Gasteiger partial charge in [-0.25, -0.2) is 0 Å². The highest BCUT2D eigenvalue weighted by Gasteiger charge is 2.60. The summed E-state index contributed by atoms with van der Waals surface area (Å²) in [6.07, 6.45) is 13.9. The Morgan fingerprint density at radius 2 is 1.75 bits per heavy atom. The molecule has 4 aliphatic carbocycles. The van der Waals surface area contributed by atoms with Gasteiger partial charge in [0.05, 0.1) is 6.10 Å². The minimum Gasteiger partial charge on any atom is -0.481 e. The maximum Gasteiger partial charge on any atom is 0.303 e. The minimum atomic E-state index is -0.631. The molecule has 0 aromatic carbocycles. The molecule has 0 aliphatic heterocycles. The summed E-state index contributed by atoms with van der Waals surface area (Å²) in [5, 5.41) is 9.12. The highest BCUT2D eigenvalue weighted by Crippen LogP contribution is 2.68. The Kier molecular flexibility index (Phi) is 5.61. The molecule has 0 heterocycles. The van der Waals surface area contributed by atoms with Gasteiger partial charge < -0.3 is 9.84 Å². The molecule has 3 nitrogen and oxygen atoms in total. The van der Waals surface area contributed by atoms with Crippen molar-refractivity contribution >= 4 is 5.97 Å². The van der Waals surface area contributed by atoms with Gasteiger partial charge >= 0.3 is 5.97 Å². The molecule has 3 heteroatoms. The standard InChI is InChI=1S/C25H42O3/c1-16(5-10-23(26)27)20-8-9-21-19-7-6-17-15-18(28-4)11-13-24(17,2)22(19)12-14-25(20,21)3/h16-22H,5-15H2,1-4H3,(H,26,27)/t16-,17-,18+,19+,20-,21+,22+,24+,25-/m1/s1. The Hall–Kier alpha value is -0.570. The van der Waals surface area contributed by atoms with Crippen LogP contribution in [-0.4, -0.2) is 24.3 Å². The van der Waals surface area contributed by atoms with E-state index >= 15 is 0 Å². The normalized spacial score (nSPS) is 49.0. The van der Waals surface area contributed by atoms with E-state index in [4.69, 9.17) is 9.84 Å². The summed E-state index contributed by atoms with van der Waals surface area (Å²) < 4.78 is 5.74. The lowest BCUT2D eigenvalue weighted by Gasteiger charge is -2.61. The molecule has 0 aromatic heterocycles. The number of carboxylic acids is 1. The maximum absolute atomic E-state index is 11.1. The summed E-state index contributed by atoms with van der Waals surface area (Å²) in [5.41, 5.74) is 0.984. The molecule has 4 rings (SSSR count). The summed E-state index contributed by atoms with van der Waals surface area (Å²) in [4.78, 5) is 11.1. The summed E-state index contributed by atoms with van der Waals surface area (Å²) in [7, 11) is 1.90.